The number of rotatable bonds is 4. The van der Waals surface area contributed by atoms with Crippen molar-refractivity contribution in [2.24, 2.45) is 11.1 Å². The minimum atomic E-state index is -0.475. The molecule has 1 fully saturated rings. The summed E-state index contributed by atoms with van der Waals surface area (Å²) in [5, 5.41) is 21.2. The molecule has 1 spiro atoms. The molecule has 3 aromatic rings. The Hall–Kier alpha value is -2.66. The maximum absolute atomic E-state index is 14.5. The zero-order chi connectivity index (χ0) is 24.0. The second-order valence-corrected chi connectivity index (χ2v) is 10.1. The number of aliphatic hydroxyl groups excluding tert-OH is 1. The molecule has 3 heterocycles. The minimum absolute atomic E-state index is 0.101. The number of aliphatic hydroxyl groups is 1. The van der Waals surface area contributed by atoms with Crippen LogP contribution in [0.15, 0.2) is 40.5 Å². The average molecular weight is 503 g/mol. The summed E-state index contributed by atoms with van der Waals surface area (Å²) in [4.78, 5) is 15.9. The highest BCUT2D eigenvalue weighted by molar-refractivity contribution is 7.99. The van der Waals surface area contributed by atoms with E-state index in [2.05, 4.69) is 19.9 Å². The minimum Gasteiger partial charge on any atom is -0.508 e. The Labute approximate surface area is 205 Å². The number of halogens is 2. The van der Waals surface area contributed by atoms with Gasteiger partial charge in [0.1, 0.15) is 28.1 Å². The molecule has 1 aromatic carbocycles. The van der Waals surface area contributed by atoms with Crippen molar-refractivity contribution in [1.29, 1.82) is 0 Å². The van der Waals surface area contributed by atoms with Gasteiger partial charge in [-0.2, -0.15) is 0 Å². The zero-order valence-corrected chi connectivity index (χ0v) is 19.8. The van der Waals surface area contributed by atoms with Gasteiger partial charge in [-0.3, -0.25) is 0 Å². The smallest absolute Gasteiger partial charge is 0.152 e. The molecule has 0 saturated carbocycles. The van der Waals surface area contributed by atoms with Gasteiger partial charge in [0, 0.05) is 41.4 Å². The molecule has 0 unspecified atom stereocenters. The zero-order valence-electron chi connectivity index (χ0n) is 18.2. The Balaban J connectivity index is 1.34. The van der Waals surface area contributed by atoms with Crippen LogP contribution in [0.5, 0.6) is 5.75 Å². The SMILES string of the molecule is Nc1nccc(Sc2cnc(N3CCC4(CC3)Cc3c(O)ccc(F)c3[C@H]4N)c(CO)n2)c1Cl. The predicted molar refractivity (Wildman–Crippen MR) is 128 cm³/mol. The van der Waals surface area contributed by atoms with Crippen LogP contribution in [0, 0.1) is 11.2 Å². The number of phenolic OH excluding ortho intramolecular Hbond substituents is 1. The van der Waals surface area contributed by atoms with E-state index in [4.69, 9.17) is 23.1 Å². The van der Waals surface area contributed by atoms with Gasteiger partial charge in [0.05, 0.1) is 17.8 Å². The maximum atomic E-state index is 14.5. The number of piperidine rings is 1. The first-order valence-electron chi connectivity index (χ1n) is 10.9. The lowest BCUT2D eigenvalue weighted by atomic mass is 9.73. The van der Waals surface area contributed by atoms with Crippen molar-refractivity contribution in [3.8, 4) is 5.75 Å². The summed E-state index contributed by atoms with van der Waals surface area (Å²) < 4.78 is 14.5. The Bertz CT molecular complexity index is 1250. The standard InChI is InChI=1S/C23H24ClFN6O2S/c24-19-16(3-6-28-21(19)27)34-17-10-29-22(14(11-32)30-17)31-7-4-23(5-8-31)9-12-15(33)2-1-13(25)18(12)20(23)26/h1-3,6,10,20,32-33H,4-5,7-9,11,26H2,(H2,27,28)/t20-/m1/s1. The van der Waals surface area contributed by atoms with Crippen LogP contribution in [0.2, 0.25) is 5.02 Å². The van der Waals surface area contributed by atoms with E-state index in [1.807, 2.05) is 0 Å². The normalized spacial score (nSPS) is 18.9. The maximum Gasteiger partial charge on any atom is 0.152 e. The van der Waals surface area contributed by atoms with Crippen LogP contribution >= 0.6 is 23.4 Å². The van der Waals surface area contributed by atoms with Crippen LogP contribution in [0.3, 0.4) is 0 Å². The van der Waals surface area contributed by atoms with Crippen LogP contribution in [0.1, 0.15) is 35.7 Å². The van der Waals surface area contributed by atoms with Gasteiger partial charge >= 0.3 is 0 Å². The third-order valence-electron chi connectivity index (χ3n) is 6.88. The molecule has 178 valence electrons. The highest BCUT2D eigenvalue weighted by Gasteiger charge is 2.48. The molecule has 2 aliphatic rings. The van der Waals surface area contributed by atoms with Gasteiger partial charge in [-0.25, -0.2) is 19.3 Å². The third kappa shape index (κ3) is 3.84. The fraction of sp³-hybridized carbons (Fsp3) is 0.348. The van der Waals surface area contributed by atoms with Crippen molar-refractivity contribution in [2.75, 3.05) is 23.7 Å². The molecule has 2 aromatic heterocycles. The molecule has 0 radical (unpaired) electrons. The van der Waals surface area contributed by atoms with Crippen LogP contribution < -0.4 is 16.4 Å². The molecule has 5 rings (SSSR count). The van der Waals surface area contributed by atoms with E-state index in [-0.39, 0.29) is 29.4 Å². The van der Waals surface area contributed by atoms with Crippen molar-refractivity contribution in [1.82, 2.24) is 15.0 Å². The summed E-state index contributed by atoms with van der Waals surface area (Å²) in [6, 6.07) is 3.94. The van der Waals surface area contributed by atoms with Crippen LogP contribution in [0.25, 0.3) is 0 Å². The quantitative estimate of drug-likeness (QED) is 0.423. The van der Waals surface area contributed by atoms with Crippen LogP contribution in [0.4, 0.5) is 16.0 Å². The monoisotopic (exact) mass is 502 g/mol. The highest BCUT2D eigenvalue weighted by Crippen LogP contribution is 2.53. The summed E-state index contributed by atoms with van der Waals surface area (Å²) in [5.41, 5.74) is 13.5. The lowest BCUT2D eigenvalue weighted by molar-refractivity contribution is 0.184. The first-order valence-corrected chi connectivity index (χ1v) is 12.1. The Morgan fingerprint density at radius 1 is 1.24 bits per heavy atom. The van der Waals surface area contributed by atoms with Gasteiger partial charge in [0.25, 0.3) is 0 Å². The molecule has 11 heteroatoms. The van der Waals surface area contributed by atoms with Gasteiger partial charge in [-0.05, 0) is 42.9 Å². The van der Waals surface area contributed by atoms with Gasteiger partial charge in [0.2, 0.25) is 0 Å². The number of hydrogen-bond acceptors (Lipinski definition) is 9. The Morgan fingerprint density at radius 2 is 2.00 bits per heavy atom. The highest BCUT2D eigenvalue weighted by atomic mass is 35.5. The van der Waals surface area contributed by atoms with Gasteiger partial charge in [-0.15, -0.1) is 0 Å². The number of nitrogens with two attached hydrogens (primary N) is 2. The molecular formula is C23H24ClFN6O2S. The average Bonchev–Trinajstić information content (AvgIpc) is 3.13. The summed E-state index contributed by atoms with van der Waals surface area (Å²) >= 11 is 7.52. The summed E-state index contributed by atoms with van der Waals surface area (Å²) in [5.74, 6) is 0.586. The van der Waals surface area contributed by atoms with Gasteiger partial charge in [0.15, 0.2) is 5.82 Å². The number of anilines is 2. The molecule has 8 nitrogen and oxygen atoms in total. The fourth-order valence-electron chi connectivity index (χ4n) is 5.02. The van der Waals surface area contributed by atoms with E-state index < -0.39 is 6.04 Å². The summed E-state index contributed by atoms with van der Waals surface area (Å²) in [7, 11) is 0. The number of fused-ring (bicyclic) bond motifs is 1. The lowest BCUT2D eigenvalue weighted by Gasteiger charge is -2.42. The lowest BCUT2D eigenvalue weighted by Crippen LogP contribution is -2.45. The summed E-state index contributed by atoms with van der Waals surface area (Å²) in [6.07, 6.45) is 5.17. The van der Waals surface area contributed by atoms with Crippen molar-refractivity contribution < 1.29 is 14.6 Å². The van der Waals surface area contributed by atoms with Crippen LogP contribution in [-0.4, -0.2) is 38.3 Å². The van der Waals surface area contributed by atoms with Crippen molar-refractivity contribution >= 4 is 35.0 Å². The molecule has 1 aliphatic heterocycles. The number of pyridine rings is 1. The molecule has 0 bridgehead atoms. The van der Waals surface area contributed by atoms with Gasteiger partial charge in [-0.1, -0.05) is 23.4 Å². The van der Waals surface area contributed by atoms with E-state index in [1.165, 1.54) is 23.9 Å². The van der Waals surface area contributed by atoms with Gasteiger partial charge < -0.3 is 26.6 Å². The van der Waals surface area contributed by atoms with E-state index in [0.717, 1.165) is 0 Å². The first-order chi connectivity index (χ1) is 16.3. The number of aromatic hydroxyl groups is 1. The number of nitrogen functional groups attached to an aromatic ring is 1. The second-order valence-electron chi connectivity index (χ2n) is 8.71. The van der Waals surface area contributed by atoms with E-state index in [0.29, 0.717) is 69.9 Å². The van der Waals surface area contributed by atoms with Crippen LogP contribution in [-0.2, 0) is 13.0 Å². The number of hydrogen-bond donors (Lipinski definition) is 4. The molecule has 6 N–H and O–H groups in total. The van der Waals surface area contributed by atoms with Crippen molar-refractivity contribution in [3.05, 3.63) is 58.3 Å². The number of aromatic nitrogens is 3. The molecule has 34 heavy (non-hydrogen) atoms. The first kappa shape index (κ1) is 23.1. The Morgan fingerprint density at radius 3 is 2.71 bits per heavy atom. The topological polar surface area (TPSA) is 134 Å². The number of nitrogens with zero attached hydrogens (tertiary/aromatic N) is 4. The molecule has 1 saturated heterocycles. The molecule has 1 atom stereocenters. The van der Waals surface area contributed by atoms with E-state index >= 15 is 0 Å². The van der Waals surface area contributed by atoms with Crippen molar-refractivity contribution in [3.63, 3.8) is 0 Å². The molecule has 0 amide bonds. The van der Waals surface area contributed by atoms with E-state index in [1.54, 1.807) is 18.5 Å². The third-order valence-corrected chi connectivity index (χ3v) is 8.36. The summed E-state index contributed by atoms with van der Waals surface area (Å²) in [6.45, 7) is 0.991. The fourth-order valence-corrected chi connectivity index (χ4v) is 6.06. The molecule has 1 aliphatic carbocycles. The van der Waals surface area contributed by atoms with E-state index in [9.17, 15) is 14.6 Å². The number of benzene rings is 1. The number of phenols is 1. The van der Waals surface area contributed by atoms with Crippen molar-refractivity contribution in [2.45, 2.75) is 41.8 Å². The molecular weight excluding hydrogens is 479 g/mol. The second kappa shape index (κ2) is 8.84. The predicted octanol–water partition coefficient (Wildman–Crippen LogP) is 3.44. The Kier molecular flexibility index (Phi) is 6.01. The largest absolute Gasteiger partial charge is 0.508 e.